The Morgan fingerprint density at radius 3 is 1.10 bits per heavy atom. The monoisotopic (exact) mass is 466 g/mol. The molecule has 0 spiro atoms. The van der Waals surface area contributed by atoms with Gasteiger partial charge < -0.3 is 9.62 Å². The van der Waals surface area contributed by atoms with E-state index in [0.717, 1.165) is 12.6 Å². The zero-order valence-corrected chi connectivity index (χ0v) is 23.3. The lowest BCUT2D eigenvalue weighted by atomic mass is 10.1. The van der Waals surface area contributed by atoms with Crippen molar-refractivity contribution in [3.8, 4) is 0 Å². The Labute approximate surface area is 194 Å². The molecule has 3 aliphatic rings. The second-order valence-corrected chi connectivity index (χ2v) is 25.3. The maximum atomic E-state index is 2.89. The zero-order chi connectivity index (χ0) is 22.5. The molecular formula is C24H38B2N2P2Si. The molecule has 0 aliphatic carbocycles. The topological polar surface area (TPSA) is 6.48 Å². The van der Waals surface area contributed by atoms with Gasteiger partial charge in [0.05, 0.1) is 0 Å². The molecule has 3 heterocycles. The van der Waals surface area contributed by atoms with E-state index < -0.39 is 7.41 Å². The van der Waals surface area contributed by atoms with Crippen LogP contribution in [0.2, 0.25) is 0 Å². The molecule has 2 aromatic carbocycles. The molecule has 2 nitrogen and oxygen atoms in total. The Bertz CT molecular complexity index is 784. The van der Waals surface area contributed by atoms with Crippen LogP contribution in [0.25, 0.3) is 0 Å². The van der Waals surface area contributed by atoms with Gasteiger partial charge in [0.15, 0.2) is 0 Å². The second kappa shape index (κ2) is 9.07. The number of benzene rings is 2. The van der Waals surface area contributed by atoms with Gasteiger partial charge in [0.2, 0.25) is 0 Å². The third kappa shape index (κ3) is 3.55. The quantitative estimate of drug-likeness (QED) is 0.378. The molecule has 0 radical (unpaired) electrons. The molecule has 3 fully saturated rings. The molecule has 164 valence electrons. The molecule has 5 rings (SSSR count). The van der Waals surface area contributed by atoms with E-state index in [1.165, 1.54) is 0 Å². The van der Waals surface area contributed by atoms with Gasteiger partial charge in [-0.05, 0) is 34.5 Å². The third-order valence-corrected chi connectivity index (χ3v) is 34.1. The fourth-order valence-corrected chi connectivity index (χ4v) is 39.5. The maximum absolute atomic E-state index is 2.89. The maximum Gasteiger partial charge on any atom is 0.262 e. The largest absolute Gasteiger partial charge is 0.331 e. The van der Waals surface area contributed by atoms with Crippen LogP contribution in [0, 0.1) is 0 Å². The lowest BCUT2D eigenvalue weighted by molar-refractivity contribution is 0.309. The van der Waals surface area contributed by atoms with Crippen LogP contribution in [0.3, 0.4) is 0 Å². The van der Waals surface area contributed by atoms with E-state index in [2.05, 4.69) is 126 Å². The van der Waals surface area contributed by atoms with Gasteiger partial charge in [0, 0.05) is 0 Å². The van der Waals surface area contributed by atoms with E-state index >= 15 is 0 Å². The predicted octanol–water partition coefficient (Wildman–Crippen LogP) is 5.44. The Morgan fingerprint density at radius 2 is 0.839 bits per heavy atom. The second-order valence-electron chi connectivity index (χ2n) is 10.2. The summed E-state index contributed by atoms with van der Waals surface area (Å²) in [6.07, 6.45) is 1.67. The van der Waals surface area contributed by atoms with Gasteiger partial charge >= 0.3 is 0 Å². The average Bonchev–Trinajstić information content (AvgIpc) is 2.68. The molecule has 0 atom stereocenters. The van der Waals surface area contributed by atoms with Crippen molar-refractivity contribution in [2.24, 2.45) is 0 Å². The molecule has 0 saturated carbocycles. The number of hydrogen-bond donors (Lipinski definition) is 0. The fourth-order valence-electron chi connectivity index (χ4n) is 6.06. The van der Waals surface area contributed by atoms with Crippen molar-refractivity contribution in [1.29, 1.82) is 0 Å². The van der Waals surface area contributed by atoms with Gasteiger partial charge in [-0.3, -0.25) is 0 Å². The van der Waals surface area contributed by atoms with Crippen molar-refractivity contribution in [1.82, 2.24) is 9.62 Å². The van der Waals surface area contributed by atoms with Crippen LogP contribution in [0.1, 0.15) is 55.4 Å². The highest BCUT2D eigenvalue weighted by Crippen LogP contribution is 2.97. The van der Waals surface area contributed by atoms with Crippen molar-refractivity contribution in [3.05, 3.63) is 60.7 Å². The Kier molecular flexibility index (Phi) is 6.94. The first-order chi connectivity index (χ1) is 14.7. The van der Waals surface area contributed by atoms with Gasteiger partial charge in [-0.2, -0.15) is 0 Å². The molecule has 0 N–H and O–H groups in total. The summed E-state index contributed by atoms with van der Waals surface area (Å²) in [6.45, 7) is 19.3. The SMILES string of the molecule is CC(C)N(B1P2B(N(C(C)C)C(C)C)P1[Si]2(c1ccccc1)c1ccccc1)C(C)C. The predicted molar refractivity (Wildman–Crippen MR) is 147 cm³/mol. The normalized spacial score (nSPS) is 22.1. The molecule has 3 saturated heterocycles. The van der Waals surface area contributed by atoms with Crippen molar-refractivity contribution >= 4 is 44.8 Å². The van der Waals surface area contributed by atoms with Gasteiger partial charge in [-0.15, -0.1) is 14.5 Å². The summed E-state index contributed by atoms with van der Waals surface area (Å²) < 4.78 is 0. The summed E-state index contributed by atoms with van der Waals surface area (Å²) in [7, 11) is -1.87. The van der Waals surface area contributed by atoms with Gasteiger partial charge in [-0.25, -0.2) is 0 Å². The van der Waals surface area contributed by atoms with Crippen LogP contribution in [-0.4, -0.2) is 53.8 Å². The summed E-state index contributed by atoms with van der Waals surface area (Å²) in [4.78, 5) is 5.79. The van der Waals surface area contributed by atoms with E-state index in [1.54, 1.807) is 10.4 Å². The number of rotatable bonds is 8. The molecule has 0 aromatic heterocycles. The lowest BCUT2D eigenvalue weighted by Gasteiger charge is -2.79. The van der Waals surface area contributed by atoms with E-state index in [-0.39, 0.29) is 14.5 Å². The molecule has 2 bridgehead atoms. The first kappa shape index (κ1) is 23.7. The van der Waals surface area contributed by atoms with Gasteiger partial charge in [0.25, 0.3) is 12.6 Å². The van der Waals surface area contributed by atoms with E-state index in [1.807, 2.05) is 0 Å². The molecular weight excluding hydrogens is 428 g/mol. The van der Waals surface area contributed by atoms with Crippen LogP contribution >= 0.6 is 14.5 Å². The smallest absolute Gasteiger partial charge is 0.262 e. The van der Waals surface area contributed by atoms with Crippen molar-refractivity contribution in [2.75, 3.05) is 0 Å². The molecule has 7 heteroatoms. The number of nitrogens with zero attached hydrogens (tertiary/aromatic N) is 2. The zero-order valence-electron chi connectivity index (χ0n) is 20.5. The molecule has 0 unspecified atom stereocenters. The number of hydrogen-bond acceptors (Lipinski definition) is 2. The van der Waals surface area contributed by atoms with Crippen molar-refractivity contribution in [2.45, 2.75) is 79.6 Å². The van der Waals surface area contributed by atoms with Crippen molar-refractivity contribution in [3.63, 3.8) is 0 Å². The summed E-state index contributed by atoms with van der Waals surface area (Å²) in [5, 5.41) is 3.40. The van der Waals surface area contributed by atoms with E-state index in [9.17, 15) is 0 Å². The minimum Gasteiger partial charge on any atom is -0.331 e. The fraction of sp³-hybridized carbons (Fsp3) is 0.500. The van der Waals surface area contributed by atoms with Crippen LogP contribution in [-0.2, 0) is 0 Å². The van der Waals surface area contributed by atoms with Crippen molar-refractivity contribution < 1.29 is 0 Å². The summed E-state index contributed by atoms with van der Waals surface area (Å²) in [5.74, 6) is 0. The Morgan fingerprint density at radius 1 is 0.548 bits per heavy atom. The highest BCUT2D eigenvalue weighted by atomic mass is 31.7. The Hall–Kier alpha value is -0.433. The summed E-state index contributed by atoms with van der Waals surface area (Å²) >= 11 is 0. The van der Waals surface area contributed by atoms with Crippen LogP contribution < -0.4 is 10.4 Å². The summed E-state index contributed by atoms with van der Waals surface area (Å²) in [6, 6.07) is 25.9. The average molecular weight is 466 g/mol. The summed E-state index contributed by atoms with van der Waals surface area (Å²) in [5.41, 5.74) is 0. The highest BCUT2D eigenvalue weighted by Gasteiger charge is 2.85. The van der Waals surface area contributed by atoms with E-state index in [0.29, 0.717) is 24.2 Å². The highest BCUT2D eigenvalue weighted by molar-refractivity contribution is 8.96. The lowest BCUT2D eigenvalue weighted by Crippen LogP contribution is -2.84. The molecule has 2 aromatic rings. The molecule has 3 aliphatic heterocycles. The molecule has 0 amide bonds. The van der Waals surface area contributed by atoms with Crippen LogP contribution in [0.15, 0.2) is 60.7 Å². The first-order valence-corrected chi connectivity index (χ1v) is 18.6. The first-order valence-electron chi connectivity index (χ1n) is 12.0. The standard InChI is InChI=1S/C24H38B2N2P2Si/c1-19(2)27(20(3)4)25-29-26(28(21(5)6)22(7)8)30(25)31(29,23-15-11-9-12-16-23)24-17-13-10-14-18-24/h9-22H,1-8H3. The van der Waals surface area contributed by atoms with Gasteiger partial charge in [0.1, 0.15) is 7.41 Å². The minimum atomic E-state index is -1.69. The third-order valence-electron chi connectivity index (χ3n) is 7.01. The van der Waals surface area contributed by atoms with Crippen LogP contribution in [0.5, 0.6) is 0 Å². The van der Waals surface area contributed by atoms with E-state index in [4.69, 9.17) is 0 Å². The van der Waals surface area contributed by atoms with Crippen LogP contribution in [0.4, 0.5) is 0 Å². The minimum absolute atomic E-state index is 0.0903. The van der Waals surface area contributed by atoms with Gasteiger partial charge in [-0.1, -0.05) is 116 Å². The Balaban J connectivity index is 1.85. The molecule has 31 heavy (non-hydrogen) atoms.